The van der Waals surface area contributed by atoms with Gasteiger partial charge in [0.05, 0.1) is 12.2 Å². The predicted molar refractivity (Wildman–Crippen MR) is 112 cm³/mol. The minimum absolute atomic E-state index is 0.168. The smallest absolute Gasteiger partial charge is 0.340 e. The molecular formula is C23H24N2O4. The second-order valence-electron chi connectivity index (χ2n) is 7.32. The highest BCUT2D eigenvalue weighted by molar-refractivity contribution is 6.11. The Morgan fingerprint density at radius 1 is 1.07 bits per heavy atom. The molecule has 29 heavy (non-hydrogen) atoms. The van der Waals surface area contributed by atoms with Crippen molar-refractivity contribution in [2.75, 3.05) is 25.6 Å². The van der Waals surface area contributed by atoms with Crippen LogP contribution >= 0.6 is 0 Å². The molecule has 1 aromatic heterocycles. The van der Waals surface area contributed by atoms with Crippen molar-refractivity contribution in [2.45, 2.75) is 26.7 Å². The zero-order valence-electron chi connectivity index (χ0n) is 16.8. The van der Waals surface area contributed by atoms with E-state index in [1.165, 1.54) is 16.5 Å². The van der Waals surface area contributed by atoms with Gasteiger partial charge < -0.3 is 19.8 Å². The van der Waals surface area contributed by atoms with Crippen molar-refractivity contribution < 1.29 is 19.1 Å². The summed E-state index contributed by atoms with van der Waals surface area (Å²) in [4.78, 5) is 28.4. The first kappa shape index (κ1) is 19.2. The number of benzene rings is 2. The second kappa shape index (κ2) is 7.72. The molecule has 1 aliphatic carbocycles. The number of aromatic nitrogens is 1. The molecule has 2 N–H and O–H groups in total. The fraction of sp³-hybridized carbons (Fsp3) is 0.304. The summed E-state index contributed by atoms with van der Waals surface area (Å²) in [5, 5.41) is 5.30. The molecule has 4 rings (SSSR count). The molecule has 1 amide bonds. The van der Waals surface area contributed by atoms with E-state index in [4.69, 9.17) is 9.47 Å². The Bertz CT molecular complexity index is 1100. The van der Waals surface area contributed by atoms with Crippen LogP contribution in [0.5, 0.6) is 0 Å². The fourth-order valence-electron chi connectivity index (χ4n) is 4.11. The van der Waals surface area contributed by atoms with Crippen LogP contribution in [0.4, 0.5) is 5.69 Å². The van der Waals surface area contributed by atoms with Crippen molar-refractivity contribution >= 4 is 28.3 Å². The van der Waals surface area contributed by atoms with E-state index in [0.717, 1.165) is 23.9 Å². The zero-order chi connectivity index (χ0) is 20.5. The van der Waals surface area contributed by atoms with Crippen LogP contribution < -0.4 is 5.32 Å². The summed E-state index contributed by atoms with van der Waals surface area (Å²) in [6, 6.07) is 10.2. The highest BCUT2D eigenvalue weighted by Gasteiger charge is 2.24. The molecule has 0 spiro atoms. The maximum absolute atomic E-state index is 13.0. The van der Waals surface area contributed by atoms with Crippen molar-refractivity contribution in [3.05, 3.63) is 64.0 Å². The van der Waals surface area contributed by atoms with Gasteiger partial charge in [0.15, 0.2) is 0 Å². The molecule has 6 heteroatoms. The number of hydrogen-bond acceptors (Lipinski definition) is 4. The lowest BCUT2D eigenvalue weighted by molar-refractivity contribution is 0.0387. The molecule has 2 aromatic carbocycles. The number of methoxy groups -OCH3 is 1. The predicted octanol–water partition coefficient (Wildman–Crippen LogP) is 3.94. The number of anilines is 1. The summed E-state index contributed by atoms with van der Waals surface area (Å²) >= 11 is 0. The third-order valence-electron chi connectivity index (χ3n) is 5.51. The number of nitrogens with one attached hydrogen (secondary N) is 2. The molecule has 0 saturated carbocycles. The number of aromatic amines is 1. The summed E-state index contributed by atoms with van der Waals surface area (Å²) < 4.78 is 10.1. The maximum atomic E-state index is 13.0. The van der Waals surface area contributed by atoms with Gasteiger partial charge in [-0.15, -0.1) is 0 Å². The van der Waals surface area contributed by atoms with E-state index in [9.17, 15) is 9.59 Å². The van der Waals surface area contributed by atoms with Crippen LogP contribution in [-0.4, -0.2) is 37.2 Å². The minimum Gasteiger partial charge on any atom is -0.460 e. The Labute approximate surface area is 169 Å². The first-order valence-electron chi connectivity index (χ1n) is 9.71. The van der Waals surface area contributed by atoms with Gasteiger partial charge in [-0.05, 0) is 54.8 Å². The third kappa shape index (κ3) is 3.40. The molecule has 0 atom stereocenters. The largest absolute Gasteiger partial charge is 0.460 e. The molecule has 0 aliphatic heterocycles. The third-order valence-corrected chi connectivity index (χ3v) is 5.51. The number of hydrogen-bond donors (Lipinski definition) is 2. The van der Waals surface area contributed by atoms with Crippen LogP contribution in [0.25, 0.3) is 10.8 Å². The first-order chi connectivity index (χ1) is 14.0. The summed E-state index contributed by atoms with van der Waals surface area (Å²) in [5.74, 6) is -0.738. The molecule has 1 heterocycles. The number of aryl methyl sites for hydroxylation is 3. The average molecular weight is 392 g/mol. The normalized spacial score (nSPS) is 12.4. The number of ether oxygens (including phenoxy) is 2. The van der Waals surface area contributed by atoms with Gasteiger partial charge in [-0.1, -0.05) is 24.3 Å². The number of rotatable bonds is 6. The Kier molecular flexibility index (Phi) is 5.11. The molecule has 150 valence electrons. The van der Waals surface area contributed by atoms with Gasteiger partial charge in [0.25, 0.3) is 5.91 Å². The zero-order valence-corrected chi connectivity index (χ0v) is 16.8. The highest BCUT2D eigenvalue weighted by atomic mass is 16.6. The number of amides is 1. The summed E-state index contributed by atoms with van der Waals surface area (Å²) in [6.07, 6.45) is 2.07. The van der Waals surface area contributed by atoms with Gasteiger partial charge in [-0.3, -0.25) is 4.79 Å². The number of carbonyl (C=O) groups excluding carboxylic acids is 2. The van der Waals surface area contributed by atoms with E-state index < -0.39 is 5.97 Å². The Morgan fingerprint density at radius 2 is 1.83 bits per heavy atom. The van der Waals surface area contributed by atoms with Crippen molar-refractivity contribution in [3.8, 4) is 0 Å². The highest BCUT2D eigenvalue weighted by Crippen LogP contribution is 2.35. The van der Waals surface area contributed by atoms with E-state index in [1.807, 2.05) is 18.2 Å². The Balaban J connectivity index is 1.61. The number of carbonyl (C=O) groups is 2. The topological polar surface area (TPSA) is 80.4 Å². The Hall–Kier alpha value is -3.12. The standard InChI is InChI=1S/C23H24N2O4/c1-13-19(23(27)29-12-11-28-3)14(2)24-21(13)22(26)25-18-10-9-16-8-7-15-5-4-6-17(18)20(15)16/h4-6,9-10,24H,7-8,11-12H2,1-3H3,(H,25,26). The monoisotopic (exact) mass is 392 g/mol. The lowest BCUT2D eigenvalue weighted by Crippen LogP contribution is -2.15. The van der Waals surface area contributed by atoms with E-state index in [0.29, 0.717) is 29.1 Å². The van der Waals surface area contributed by atoms with Crippen LogP contribution in [0.15, 0.2) is 30.3 Å². The lowest BCUT2D eigenvalue weighted by Gasteiger charge is -2.10. The molecule has 0 fully saturated rings. The van der Waals surface area contributed by atoms with Gasteiger partial charge in [0, 0.05) is 23.9 Å². The fourth-order valence-corrected chi connectivity index (χ4v) is 4.11. The summed E-state index contributed by atoms with van der Waals surface area (Å²) in [6.45, 7) is 4.00. The quantitative estimate of drug-likeness (QED) is 0.492. The van der Waals surface area contributed by atoms with Gasteiger partial charge in [0.1, 0.15) is 12.3 Å². The molecular weight excluding hydrogens is 368 g/mol. The van der Waals surface area contributed by atoms with Gasteiger partial charge in [-0.2, -0.15) is 0 Å². The molecule has 3 aromatic rings. The van der Waals surface area contributed by atoms with Crippen LogP contribution in [0.3, 0.4) is 0 Å². The SMILES string of the molecule is COCCOC(=O)c1c(C)[nH]c(C(=O)Nc2ccc3c4c(cccc24)CC3)c1C. The van der Waals surface area contributed by atoms with Gasteiger partial charge in [0.2, 0.25) is 0 Å². The maximum Gasteiger partial charge on any atom is 0.340 e. The van der Waals surface area contributed by atoms with Crippen LogP contribution in [0.2, 0.25) is 0 Å². The average Bonchev–Trinajstić information content (AvgIpc) is 3.26. The van der Waals surface area contributed by atoms with Crippen molar-refractivity contribution in [1.29, 1.82) is 0 Å². The van der Waals surface area contributed by atoms with E-state index in [1.54, 1.807) is 21.0 Å². The lowest BCUT2D eigenvalue weighted by atomic mass is 10.0. The van der Waals surface area contributed by atoms with E-state index in [2.05, 4.69) is 22.4 Å². The molecule has 6 nitrogen and oxygen atoms in total. The molecule has 0 unspecified atom stereocenters. The minimum atomic E-state index is -0.460. The van der Waals surface area contributed by atoms with E-state index in [-0.39, 0.29) is 12.5 Å². The van der Waals surface area contributed by atoms with Crippen molar-refractivity contribution in [2.24, 2.45) is 0 Å². The van der Waals surface area contributed by atoms with Crippen molar-refractivity contribution in [3.63, 3.8) is 0 Å². The summed E-state index contributed by atoms with van der Waals surface area (Å²) in [7, 11) is 1.54. The molecule has 0 bridgehead atoms. The number of esters is 1. The van der Waals surface area contributed by atoms with Crippen LogP contribution in [0.1, 0.15) is 43.2 Å². The molecule has 0 saturated heterocycles. The number of H-pyrrole nitrogens is 1. The van der Waals surface area contributed by atoms with Gasteiger partial charge in [-0.25, -0.2) is 4.79 Å². The van der Waals surface area contributed by atoms with E-state index >= 15 is 0 Å². The first-order valence-corrected chi connectivity index (χ1v) is 9.71. The second-order valence-corrected chi connectivity index (χ2v) is 7.32. The summed E-state index contributed by atoms with van der Waals surface area (Å²) in [5.41, 5.74) is 5.36. The molecule has 1 aliphatic rings. The van der Waals surface area contributed by atoms with Gasteiger partial charge >= 0.3 is 5.97 Å². The Morgan fingerprint density at radius 3 is 2.59 bits per heavy atom. The van der Waals surface area contributed by atoms with Crippen LogP contribution in [-0.2, 0) is 22.3 Å². The van der Waals surface area contributed by atoms with Crippen molar-refractivity contribution in [1.82, 2.24) is 4.98 Å². The molecule has 0 radical (unpaired) electrons. The van der Waals surface area contributed by atoms with Crippen LogP contribution in [0, 0.1) is 13.8 Å².